The third-order valence-corrected chi connectivity index (χ3v) is 4.83. The van der Waals surface area contributed by atoms with Crippen molar-refractivity contribution in [2.75, 3.05) is 6.61 Å². The SMILES string of the molecule is CCOC(=O)[C@]1(O)C=C(CCc2ccc3ccccc3c2)[C@@H](O)C(O)C1. The Labute approximate surface area is 152 Å². The van der Waals surface area contributed by atoms with Gasteiger partial charge in [-0.15, -0.1) is 0 Å². The lowest BCUT2D eigenvalue weighted by molar-refractivity contribution is -0.165. The van der Waals surface area contributed by atoms with E-state index in [1.165, 1.54) is 6.08 Å². The van der Waals surface area contributed by atoms with E-state index in [-0.39, 0.29) is 13.0 Å². The number of esters is 1. The van der Waals surface area contributed by atoms with Crippen LogP contribution in [0.2, 0.25) is 0 Å². The van der Waals surface area contributed by atoms with Crippen LogP contribution < -0.4 is 0 Å². The molecule has 0 saturated heterocycles. The van der Waals surface area contributed by atoms with Crippen molar-refractivity contribution in [1.29, 1.82) is 0 Å². The van der Waals surface area contributed by atoms with Crippen molar-refractivity contribution in [2.45, 2.75) is 44.0 Å². The first-order valence-corrected chi connectivity index (χ1v) is 8.88. The van der Waals surface area contributed by atoms with Crippen LogP contribution in [0.4, 0.5) is 0 Å². The molecule has 26 heavy (non-hydrogen) atoms. The Morgan fingerprint density at radius 1 is 1.15 bits per heavy atom. The van der Waals surface area contributed by atoms with E-state index < -0.39 is 23.8 Å². The molecule has 0 radical (unpaired) electrons. The van der Waals surface area contributed by atoms with Gasteiger partial charge < -0.3 is 20.1 Å². The number of fused-ring (bicyclic) bond motifs is 1. The Balaban J connectivity index is 1.79. The minimum absolute atomic E-state index is 0.139. The summed E-state index contributed by atoms with van der Waals surface area (Å²) in [5.41, 5.74) is -0.364. The van der Waals surface area contributed by atoms with Gasteiger partial charge in [0.15, 0.2) is 5.60 Å². The largest absolute Gasteiger partial charge is 0.464 e. The molecule has 5 nitrogen and oxygen atoms in total. The molecule has 3 N–H and O–H groups in total. The molecular weight excluding hydrogens is 332 g/mol. The first kappa shape index (κ1) is 18.6. The van der Waals surface area contributed by atoms with Gasteiger partial charge in [0, 0.05) is 6.42 Å². The second kappa shape index (κ2) is 7.58. The van der Waals surface area contributed by atoms with Crippen molar-refractivity contribution in [3.05, 3.63) is 59.7 Å². The molecule has 0 spiro atoms. The number of hydrogen-bond acceptors (Lipinski definition) is 5. The standard InChI is InChI=1S/C21H24O5/c1-2-26-20(24)21(25)12-17(19(23)18(22)13-21)10-8-14-7-9-15-5-3-4-6-16(15)11-14/h3-7,9,11-12,18-19,22-23,25H,2,8,10,13H2,1H3/t18?,19-,21+/m1/s1. The summed E-state index contributed by atoms with van der Waals surface area (Å²) in [7, 11) is 0. The first-order valence-electron chi connectivity index (χ1n) is 8.88. The molecule has 3 atom stereocenters. The Bertz CT molecular complexity index is 828. The van der Waals surface area contributed by atoms with Crippen molar-refractivity contribution in [1.82, 2.24) is 0 Å². The van der Waals surface area contributed by atoms with Gasteiger partial charge in [-0.05, 0) is 47.8 Å². The fraction of sp³-hybridized carbons (Fsp3) is 0.381. The summed E-state index contributed by atoms with van der Waals surface area (Å²) in [6.45, 7) is 1.79. The molecule has 138 valence electrons. The molecule has 1 aliphatic rings. The minimum atomic E-state index is -1.90. The van der Waals surface area contributed by atoms with Gasteiger partial charge in [0.05, 0.1) is 12.7 Å². The first-order chi connectivity index (χ1) is 12.4. The second-order valence-corrected chi connectivity index (χ2v) is 6.76. The molecule has 2 aromatic rings. The summed E-state index contributed by atoms with van der Waals surface area (Å²) in [6, 6.07) is 14.2. The van der Waals surface area contributed by atoms with Crippen LogP contribution in [0.3, 0.4) is 0 Å². The molecule has 0 bridgehead atoms. The Morgan fingerprint density at radius 3 is 2.62 bits per heavy atom. The van der Waals surface area contributed by atoms with Gasteiger partial charge in [-0.25, -0.2) is 4.79 Å². The van der Waals surface area contributed by atoms with Crippen molar-refractivity contribution < 1.29 is 24.9 Å². The van der Waals surface area contributed by atoms with E-state index in [1.54, 1.807) is 6.92 Å². The average Bonchev–Trinajstić information content (AvgIpc) is 2.63. The van der Waals surface area contributed by atoms with E-state index in [1.807, 2.05) is 36.4 Å². The number of ether oxygens (including phenoxy) is 1. The molecule has 1 aliphatic carbocycles. The fourth-order valence-electron chi connectivity index (χ4n) is 3.43. The molecule has 5 heteroatoms. The lowest BCUT2D eigenvalue weighted by Gasteiger charge is -2.34. The van der Waals surface area contributed by atoms with Gasteiger partial charge >= 0.3 is 5.97 Å². The summed E-state index contributed by atoms with van der Waals surface area (Å²) in [5.74, 6) is -0.797. The predicted molar refractivity (Wildman–Crippen MR) is 98.6 cm³/mol. The third kappa shape index (κ3) is 3.80. The second-order valence-electron chi connectivity index (χ2n) is 6.76. The highest BCUT2D eigenvalue weighted by atomic mass is 16.5. The highest BCUT2D eigenvalue weighted by Gasteiger charge is 2.44. The normalized spacial score (nSPS) is 25.8. The van der Waals surface area contributed by atoms with Gasteiger partial charge in [0.2, 0.25) is 0 Å². The zero-order valence-corrected chi connectivity index (χ0v) is 14.8. The van der Waals surface area contributed by atoms with Gasteiger partial charge in [-0.2, -0.15) is 0 Å². The number of aryl methyl sites for hydroxylation is 1. The lowest BCUT2D eigenvalue weighted by atomic mass is 9.81. The number of aliphatic hydroxyl groups is 3. The van der Waals surface area contributed by atoms with E-state index in [4.69, 9.17) is 4.74 Å². The van der Waals surface area contributed by atoms with Crippen LogP contribution >= 0.6 is 0 Å². The molecular formula is C21H24O5. The molecule has 1 unspecified atom stereocenters. The highest BCUT2D eigenvalue weighted by Crippen LogP contribution is 2.31. The Hall–Kier alpha value is -2.21. The molecule has 3 rings (SSSR count). The monoisotopic (exact) mass is 356 g/mol. The van der Waals surface area contributed by atoms with E-state index in [2.05, 4.69) is 6.07 Å². The highest BCUT2D eigenvalue weighted by molar-refractivity contribution is 5.83. The van der Waals surface area contributed by atoms with Crippen LogP contribution in [0.15, 0.2) is 54.1 Å². The minimum Gasteiger partial charge on any atom is -0.464 e. The maximum atomic E-state index is 12.0. The van der Waals surface area contributed by atoms with Crippen LogP contribution in [0.1, 0.15) is 25.3 Å². The molecule has 2 aromatic carbocycles. The number of carbonyl (C=O) groups excluding carboxylic acids is 1. The van der Waals surface area contributed by atoms with Gasteiger partial charge in [-0.3, -0.25) is 0 Å². The molecule has 0 amide bonds. The molecule has 0 fully saturated rings. The van der Waals surface area contributed by atoms with Crippen LogP contribution in [0.5, 0.6) is 0 Å². The quantitative estimate of drug-likeness (QED) is 0.564. The maximum absolute atomic E-state index is 12.0. The van der Waals surface area contributed by atoms with E-state index in [0.29, 0.717) is 18.4 Å². The topological polar surface area (TPSA) is 87.0 Å². The van der Waals surface area contributed by atoms with Crippen LogP contribution in [-0.2, 0) is 16.0 Å². The van der Waals surface area contributed by atoms with Gasteiger partial charge in [-0.1, -0.05) is 42.5 Å². The predicted octanol–water partition coefficient (Wildman–Crippen LogP) is 2.12. The maximum Gasteiger partial charge on any atom is 0.342 e. The van der Waals surface area contributed by atoms with Crippen LogP contribution in [-0.4, -0.2) is 45.7 Å². The van der Waals surface area contributed by atoms with Gasteiger partial charge in [0.1, 0.15) is 6.10 Å². The summed E-state index contributed by atoms with van der Waals surface area (Å²) < 4.78 is 4.90. The smallest absolute Gasteiger partial charge is 0.342 e. The lowest BCUT2D eigenvalue weighted by Crippen LogP contribution is -2.49. The molecule has 0 aliphatic heterocycles. The summed E-state index contributed by atoms with van der Waals surface area (Å²) in [5, 5.41) is 33.2. The van der Waals surface area contributed by atoms with Crippen molar-refractivity contribution in [3.63, 3.8) is 0 Å². The zero-order chi connectivity index (χ0) is 18.7. The van der Waals surface area contributed by atoms with Crippen molar-refractivity contribution in [2.24, 2.45) is 0 Å². The van der Waals surface area contributed by atoms with Crippen LogP contribution in [0.25, 0.3) is 10.8 Å². The number of hydrogen-bond donors (Lipinski definition) is 3. The fourth-order valence-corrected chi connectivity index (χ4v) is 3.43. The number of rotatable bonds is 5. The molecule has 0 saturated carbocycles. The molecule has 0 heterocycles. The van der Waals surface area contributed by atoms with Crippen LogP contribution in [0, 0.1) is 0 Å². The van der Waals surface area contributed by atoms with Crippen molar-refractivity contribution >= 4 is 16.7 Å². The Morgan fingerprint density at radius 2 is 1.88 bits per heavy atom. The Kier molecular flexibility index (Phi) is 5.41. The van der Waals surface area contributed by atoms with Crippen molar-refractivity contribution in [3.8, 4) is 0 Å². The number of aliphatic hydroxyl groups excluding tert-OH is 2. The van der Waals surface area contributed by atoms with Gasteiger partial charge in [0.25, 0.3) is 0 Å². The number of carbonyl (C=O) groups is 1. The molecule has 0 aromatic heterocycles. The van der Waals surface area contributed by atoms with E-state index in [0.717, 1.165) is 16.3 Å². The zero-order valence-electron chi connectivity index (χ0n) is 14.8. The third-order valence-electron chi connectivity index (χ3n) is 4.83. The number of benzene rings is 2. The summed E-state index contributed by atoms with van der Waals surface area (Å²) >= 11 is 0. The average molecular weight is 356 g/mol. The summed E-state index contributed by atoms with van der Waals surface area (Å²) in [4.78, 5) is 12.0. The van der Waals surface area contributed by atoms with E-state index in [9.17, 15) is 20.1 Å². The summed E-state index contributed by atoms with van der Waals surface area (Å²) in [6.07, 6.45) is -0.167. The van der Waals surface area contributed by atoms with E-state index >= 15 is 0 Å².